The van der Waals surface area contributed by atoms with Crippen molar-refractivity contribution < 1.29 is 9.47 Å². The molecule has 19 heavy (non-hydrogen) atoms. The van der Waals surface area contributed by atoms with E-state index in [2.05, 4.69) is 15.1 Å². The third-order valence-electron chi connectivity index (χ3n) is 2.98. The number of nitrogens with two attached hydrogens (primary N) is 1. The second-order valence-corrected chi connectivity index (χ2v) is 4.68. The van der Waals surface area contributed by atoms with Crippen molar-refractivity contribution in [1.82, 2.24) is 15.1 Å². The molecule has 100 valence electrons. The number of hydrogen-bond acceptors (Lipinski definition) is 5. The summed E-state index contributed by atoms with van der Waals surface area (Å²) in [4.78, 5) is 2.17. The van der Waals surface area contributed by atoms with Crippen molar-refractivity contribution >= 4 is 5.82 Å². The van der Waals surface area contributed by atoms with Gasteiger partial charge in [0.25, 0.3) is 0 Å². The van der Waals surface area contributed by atoms with Gasteiger partial charge in [-0.1, -0.05) is 6.07 Å². The van der Waals surface area contributed by atoms with Gasteiger partial charge in [-0.05, 0) is 24.7 Å². The second kappa shape index (κ2) is 4.81. The van der Waals surface area contributed by atoms with Crippen LogP contribution < -0.4 is 15.2 Å². The molecule has 6 heteroatoms. The van der Waals surface area contributed by atoms with Gasteiger partial charge in [0.2, 0.25) is 6.79 Å². The number of rotatable bonds is 4. The summed E-state index contributed by atoms with van der Waals surface area (Å²) >= 11 is 0. The Kier molecular flexibility index (Phi) is 3.00. The molecule has 0 spiro atoms. The summed E-state index contributed by atoms with van der Waals surface area (Å²) < 4.78 is 10.7. The molecule has 0 fully saturated rings. The predicted molar refractivity (Wildman–Crippen MR) is 70.7 cm³/mol. The maximum Gasteiger partial charge on any atom is 0.231 e. The molecule has 0 bridgehead atoms. The molecule has 0 atom stereocenters. The summed E-state index contributed by atoms with van der Waals surface area (Å²) in [5.41, 5.74) is 7.76. The van der Waals surface area contributed by atoms with Crippen LogP contribution in [-0.2, 0) is 13.1 Å². The van der Waals surface area contributed by atoms with E-state index in [1.54, 1.807) is 0 Å². The minimum atomic E-state index is 0.308. The van der Waals surface area contributed by atoms with E-state index in [9.17, 15) is 0 Å². The van der Waals surface area contributed by atoms with E-state index in [1.165, 1.54) is 5.56 Å². The fourth-order valence-electron chi connectivity index (χ4n) is 2.16. The largest absolute Gasteiger partial charge is 0.454 e. The normalized spacial score (nSPS) is 13.2. The van der Waals surface area contributed by atoms with Crippen molar-refractivity contribution in [1.29, 1.82) is 0 Å². The Hall–Kier alpha value is -2.21. The third-order valence-corrected chi connectivity index (χ3v) is 2.98. The van der Waals surface area contributed by atoms with Gasteiger partial charge in [0.15, 0.2) is 11.5 Å². The number of aromatic amines is 1. The molecule has 3 N–H and O–H groups in total. The van der Waals surface area contributed by atoms with Crippen LogP contribution >= 0.6 is 0 Å². The Balaban J connectivity index is 1.64. The minimum absolute atomic E-state index is 0.308. The monoisotopic (exact) mass is 260 g/mol. The van der Waals surface area contributed by atoms with E-state index in [0.717, 1.165) is 30.3 Å². The van der Waals surface area contributed by atoms with Gasteiger partial charge >= 0.3 is 0 Å². The topological polar surface area (TPSA) is 76.4 Å². The van der Waals surface area contributed by atoms with Crippen LogP contribution in [0.1, 0.15) is 11.3 Å². The SMILES string of the molecule is CN(Cc1ccc2c(c1)OCO2)Cc1cc(N)n[nH]1. The standard InChI is InChI=1S/C13H16N4O2/c1-17(7-10-5-13(14)16-15-10)6-9-2-3-11-12(4-9)19-8-18-11/h2-5H,6-8H2,1H3,(H3,14,15,16). The van der Waals surface area contributed by atoms with E-state index in [1.807, 2.05) is 31.3 Å². The van der Waals surface area contributed by atoms with E-state index in [4.69, 9.17) is 15.2 Å². The number of nitrogen functional groups attached to an aromatic ring is 1. The molecule has 1 aliphatic heterocycles. The lowest BCUT2D eigenvalue weighted by atomic mass is 10.2. The predicted octanol–water partition coefficient (Wildman–Crippen LogP) is 1.35. The van der Waals surface area contributed by atoms with Crippen LogP contribution in [0.2, 0.25) is 0 Å². The van der Waals surface area contributed by atoms with Crippen molar-refractivity contribution in [3.8, 4) is 11.5 Å². The molecule has 6 nitrogen and oxygen atoms in total. The average Bonchev–Trinajstić information content (AvgIpc) is 2.97. The first-order valence-electron chi connectivity index (χ1n) is 6.07. The molecule has 0 amide bonds. The Labute approximate surface area is 111 Å². The average molecular weight is 260 g/mol. The van der Waals surface area contributed by atoms with Gasteiger partial charge in [-0.15, -0.1) is 0 Å². The van der Waals surface area contributed by atoms with Crippen LogP contribution in [0, 0.1) is 0 Å². The first kappa shape index (κ1) is 11.9. The highest BCUT2D eigenvalue weighted by Gasteiger charge is 2.14. The molecule has 0 radical (unpaired) electrons. The lowest BCUT2D eigenvalue weighted by Gasteiger charge is -2.15. The Morgan fingerprint density at radius 1 is 1.26 bits per heavy atom. The van der Waals surface area contributed by atoms with Crippen molar-refractivity contribution in [3.63, 3.8) is 0 Å². The molecule has 0 unspecified atom stereocenters. The summed E-state index contributed by atoms with van der Waals surface area (Å²) in [5.74, 6) is 2.15. The van der Waals surface area contributed by atoms with Gasteiger partial charge in [0.05, 0.1) is 5.69 Å². The van der Waals surface area contributed by atoms with Gasteiger partial charge < -0.3 is 15.2 Å². The van der Waals surface area contributed by atoms with Crippen LogP contribution in [0.5, 0.6) is 11.5 Å². The van der Waals surface area contributed by atoms with Crippen LogP contribution in [-0.4, -0.2) is 28.9 Å². The molecule has 2 aromatic rings. The van der Waals surface area contributed by atoms with Gasteiger partial charge in [0.1, 0.15) is 5.82 Å². The van der Waals surface area contributed by atoms with Crippen LogP contribution in [0.25, 0.3) is 0 Å². The third kappa shape index (κ3) is 2.63. The molecule has 0 aliphatic carbocycles. The summed E-state index contributed by atoms with van der Waals surface area (Å²) in [6.07, 6.45) is 0. The highest BCUT2D eigenvalue weighted by Crippen LogP contribution is 2.32. The van der Waals surface area contributed by atoms with E-state index in [-0.39, 0.29) is 0 Å². The quantitative estimate of drug-likeness (QED) is 0.867. The zero-order chi connectivity index (χ0) is 13.2. The molecule has 2 heterocycles. The molecule has 0 saturated carbocycles. The first-order valence-corrected chi connectivity index (χ1v) is 6.07. The summed E-state index contributed by atoms with van der Waals surface area (Å²) in [5, 5.41) is 6.82. The molecule has 3 rings (SSSR count). The molecule has 1 aromatic heterocycles. The van der Waals surface area contributed by atoms with Gasteiger partial charge in [-0.3, -0.25) is 10.00 Å². The van der Waals surface area contributed by atoms with Crippen molar-refractivity contribution in [2.45, 2.75) is 13.1 Å². The Bertz CT molecular complexity index is 582. The van der Waals surface area contributed by atoms with Gasteiger partial charge in [0, 0.05) is 19.2 Å². The van der Waals surface area contributed by atoms with E-state index >= 15 is 0 Å². The lowest BCUT2D eigenvalue weighted by molar-refractivity contribution is 0.174. The van der Waals surface area contributed by atoms with Crippen LogP contribution in [0.3, 0.4) is 0 Å². The maximum absolute atomic E-state index is 5.58. The highest BCUT2D eigenvalue weighted by atomic mass is 16.7. The number of aromatic nitrogens is 2. The first-order chi connectivity index (χ1) is 9.20. The lowest BCUT2D eigenvalue weighted by Crippen LogP contribution is -2.17. The van der Waals surface area contributed by atoms with Crippen molar-refractivity contribution in [2.75, 3.05) is 19.6 Å². The minimum Gasteiger partial charge on any atom is -0.454 e. The molecule has 1 aromatic carbocycles. The number of anilines is 1. The number of H-pyrrole nitrogens is 1. The zero-order valence-electron chi connectivity index (χ0n) is 10.7. The second-order valence-electron chi connectivity index (χ2n) is 4.68. The Morgan fingerprint density at radius 3 is 2.89 bits per heavy atom. The Morgan fingerprint density at radius 2 is 2.11 bits per heavy atom. The number of ether oxygens (including phenoxy) is 2. The van der Waals surface area contributed by atoms with Crippen molar-refractivity contribution in [3.05, 3.63) is 35.5 Å². The summed E-state index contributed by atoms with van der Waals surface area (Å²) in [6, 6.07) is 7.85. The fourth-order valence-corrected chi connectivity index (χ4v) is 2.16. The number of hydrogen-bond donors (Lipinski definition) is 2. The zero-order valence-corrected chi connectivity index (χ0v) is 10.7. The number of benzene rings is 1. The van der Waals surface area contributed by atoms with Gasteiger partial charge in [-0.25, -0.2) is 0 Å². The fraction of sp³-hybridized carbons (Fsp3) is 0.308. The number of nitrogens with one attached hydrogen (secondary N) is 1. The van der Waals surface area contributed by atoms with Crippen LogP contribution in [0.4, 0.5) is 5.82 Å². The number of fused-ring (bicyclic) bond motifs is 1. The highest BCUT2D eigenvalue weighted by molar-refractivity contribution is 5.44. The summed E-state index contributed by atoms with van der Waals surface area (Å²) in [6.45, 7) is 1.89. The van der Waals surface area contributed by atoms with E-state index in [0.29, 0.717) is 12.6 Å². The van der Waals surface area contributed by atoms with Crippen LogP contribution in [0.15, 0.2) is 24.3 Å². The summed E-state index contributed by atoms with van der Waals surface area (Å²) in [7, 11) is 2.04. The van der Waals surface area contributed by atoms with Gasteiger partial charge in [-0.2, -0.15) is 5.10 Å². The molecular formula is C13H16N4O2. The molecular weight excluding hydrogens is 244 g/mol. The molecule has 0 saturated heterocycles. The maximum atomic E-state index is 5.58. The van der Waals surface area contributed by atoms with Crippen molar-refractivity contribution in [2.24, 2.45) is 0 Å². The number of nitrogens with zero attached hydrogens (tertiary/aromatic N) is 2. The molecule has 1 aliphatic rings. The van der Waals surface area contributed by atoms with E-state index < -0.39 is 0 Å². The smallest absolute Gasteiger partial charge is 0.231 e.